The molecule has 0 amide bonds. The van der Waals surface area contributed by atoms with Crippen molar-refractivity contribution < 1.29 is 14.3 Å². The molecule has 0 atom stereocenters. The summed E-state index contributed by atoms with van der Waals surface area (Å²) in [5.41, 5.74) is 6.75. The molecule has 3 aromatic carbocycles. The minimum Gasteiger partial charge on any atom is -0.497 e. The summed E-state index contributed by atoms with van der Waals surface area (Å²) in [6, 6.07) is 23.4. The number of H-pyrrole nitrogens is 1. The molecule has 5 heteroatoms. The minimum absolute atomic E-state index is 0.0839. The van der Waals surface area contributed by atoms with Crippen LogP contribution in [0.5, 0.6) is 5.75 Å². The lowest BCUT2D eigenvalue weighted by Crippen LogP contribution is -2.17. The van der Waals surface area contributed by atoms with Crippen molar-refractivity contribution in [3.63, 3.8) is 0 Å². The maximum atomic E-state index is 11.5. The number of fused-ring (bicyclic) bond motifs is 1. The van der Waals surface area contributed by atoms with Crippen LogP contribution in [0.1, 0.15) is 43.6 Å². The van der Waals surface area contributed by atoms with Gasteiger partial charge in [-0.1, -0.05) is 48.5 Å². The van der Waals surface area contributed by atoms with Gasteiger partial charge in [0.15, 0.2) is 0 Å². The number of methoxy groups -OCH3 is 2. The fourth-order valence-electron chi connectivity index (χ4n) is 5.04. The van der Waals surface area contributed by atoms with Gasteiger partial charge in [0.25, 0.3) is 0 Å². The average Bonchev–Trinajstić information content (AvgIpc) is 3.33. The Kier molecular flexibility index (Phi) is 6.35. The van der Waals surface area contributed by atoms with Crippen LogP contribution in [0.15, 0.2) is 66.7 Å². The number of benzene rings is 3. The largest absolute Gasteiger partial charge is 0.497 e. The molecule has 5 rings (SSSR count). The molecule has 0 aliphatic heterocycles. The Bertz CT molecular complexity index is 1270. The lowest BCUT2D eigenvalue weighted by Gasteiger charge is -2.28. The summed E-state index contributed by atoms with van der Waals surface area (Å²) >= 11 is 0. The highest BCUT2D eigenvalue weighted by Crippen LogP contribution is 2.38. The number of ether oxygens (including phenoxy) is 2. The third kappa shape index (κ3) is 4.69. The molecular weight excluding hydrogens is 424 g/mol. The number of esters is 1. The second-order valence-electron chi connectivity index (χ2n) is 9.17. The Morgan fingerprint density at radius 3 is 2.18 bits per heavy atom. The van der Waals surface area contributed by atoms with Crippen molar-refractivity contribution in [3.8, 4) is 28.3 Å². The Labute approximate surface area is 200 Å². The van der Waals surface area contributed by atoms with Gasteiger partial charge >= 0.3 is 5.97 Å². The SMILES string of the molecule is COC(=O)CC1CCC(c2ccc(-c3ccc(-c4nc5ccc(OC)cc5[nH]4)cc3)cc2)CC1. The first-order valence-electron chi connectivity index (χ1n) is 11.9. The second kappa shape index (κ2) is 9.72. The monoisotopic (exact) mass is 454 g/mol. The first kappa shape index (κ1) is 22.2. The number of rotatable bonds is 6. The summed E-state index contributed by atoms with van der Waals surface area (Å²) in [6.45, 7) is 0. The average molecular weight is 455 g/mol. The molecule has 0 radical (unpaired) electrons. The molecule has 0 saturated heterocycles. The smallest absolute Gasteiger partial charge is 0.305 e. The summed E-state index contributed by atoms with van der Waals surface area (Å²) in [7, 11) is 3.14. The third-order valence-electron chi connectivity index (χ3n) is 7.09. The van der Waals surface area contributed by atoms with Gasteiger partial charge in [0.1, 0.15) is 11.6 Å². The summed E-state index contributed by atoms with van der Waals surface area (Å²) < 4.78 is 10.1. The van der Waals surface area contributed by atoms with Crippen LogP contribution in [-0.2, 0) is 9.53 Å². The predicted octanol–water partition coefficient (Wildman–Crippen LogP) is 6.74. The Hall–Kier alpha value is -3.60. The number of carbonyl (C=O) groups excluding carboxylic acids is 1. The third-order valence-corrected chi connectivity index (χ3v) is 7.09. The van der Waals surface area contributed by atoms with Crippen LogP contribution in [0, 0.1) is 5.92 Å². The number of carbonyl (C=O) groups is 1. The molecule has 0 unspecified atom stereocenters. The van der Waals surface area contributed by atoms with E-state index in [0.717, 1.165) is 53.9 Å². The molecule has 1 aliphatic carbocycles. The maximum absolute atomic E-state index is 11.5. The molecule has 0 spiro atoms. The topological polar surface area (TPSA) is 64.2 Å². The van der Waals surface area contributed by atoms with Crippen molar-refractivity contribution in [2.24, 2.45) is 5.92 Å². The number of aromatic amines is 1. The number of nitrogens with zero attached hydrogens (tertiary/aromatic N) is 1. The zero-order chi connectivity index (χ0) is 23.5. The fraction of sp³-hybridized carbons (Fsp3) is 0.310. The van der Waals surface area contributed by atoms with Crippen molar-refractivity contribution in [1.82, 2.24) is 9.97 Å². The van der Waals surface area contributed by atoms with E-state index < -0.39 is 0 Å². The standard InChI is InChI=1S/C29H30N2O3/c1-33-25-15-16-26-27(18-25)31-29(30-26)24-13-11-23(12-14-24)22-9-7-21(8-10-22)20-5-3-19(4-6-20)17-28(32)34-2/h7-16,18-20H,3-6,17H2,1-2H3,(H,30,31). The van der Waals surface area contributed by atoms with Gasteiger partial charge in [0.2, 0.25) is 0 Å². The lowest BCUT2D eigenvalue weighted by atomic mass is 9.77. The van der Waals surface area contributed by atoms with E-state index in [9.17, 15) is 4.79 Å². The molecule has 4 aromatic rings. The lowest BCUT2D eigenvalue weighted by molar-refractivity contribution is -0.142. The van der Waals surface area contributed by atoms with Crippen molar-refractivity contribution in [1.29, 1.82) is 0 Å². The van der Waals surface area contributed by atoms with E-state index in [-0.39, 0.29) is 5.97 Å². The van der Waals surface area contributed by atoms with E-state index in [4.69, 9.17) is 14.5 Å². The predicted molar refractivity (Wildman–Crippen MR) is 135 cm³/mol. The van der Waals surface area contributed by atoms with Gasteiger partial charge in [-0.25, -0.2) is 4.98 Å². The Morgan fingerprint density at radius 2 is 1.53 bits per heavy atom. The maximum Gasteiger partial charge on any atom is 0.305 e. The highest BCUT2D eigenvalue weighted by atomic mass is 16.5. The quantitative estimate of drug-likeness (QED) is 0.328. The molecular formula is C29H30N2O3. The summed E-state index contributed by atoms with van der Waals surface area (Å²) in [5, 5.41) is 0. The molecule has 0 bridgehead atoms. The van der Waals surface area contributed by atoms with Gasteiger partial charge < -0.3 is 14.5 Å². The zero-order valence-electron chi connectivity index (χ0n) is 19.7. The number of aromatic nitrogens is 2. The first-order valence-corrected chi connectivity index (χ1v) is 11.9. The van der Waals surface area contributed by atoms with Gasteiger partial charge in [-0.15, -0.1) is 0 Å². The van der Waals surface area contributed by atoms with E-state index in [0.29, 0.717) is 18.3 Å². The van der Waals surface area contributed by atoms with Crippen LogP contribution < -0.4 is 4.74 Å². The van der Waals surface area contributed by atoms with E-state index >= 15 is 0 Å². The fourth-order valence-corrected chi connectivity index (χ4v) is 5.04. The minimum atomic E-state index is -0.0839. The van der Waals surface area contributed by atoms with Crippen LogP contribution in [0.25, 0.3) is 33.5 Å². The van der Waals surface area contributed by atoms with Crippen LogP contribution in [0.2, 0.25) is 0 Å². The van der Waals surface area contributed by atoms with Crippen LogP contribution in [0.4, 0.5) is 0 Å². The number of hydrogen-bond donors (Lipinski definition) is 1. The van der Waals surface area contributed by atoms with Gasteiger partial charge in [-0.05, 0) is 66.3 Å². The van der Waals surface area contributed by atoms with Gasteiger partial charge in [0.05, 0.1) is 25.3 Å². The van der Waals surface area contributed by atoms with E-state index in [2.05, 4.69) is 53.5 Å². The Morgan fingerprint density at radius 1 is 0.882 bits per heavy atom. The highest BCUT2D eigenvalue weighted by molar-refractivity contribution is 5.81. The molecule has 1 aromatic heterocycles. The molecule has 1 fully saturated rings. The summed E-state index contributed by atoms with van der Waals surface area (Å²) in [6.07, 6.45) is 5.02. The van der Waals surface area contributed by atoms with Crippen molar-refractivity contribution in [2.75, 3.05) is 14.2 Å². The normalized spacial score (nSPS) is 18.1. The zero-order valence-corrected chi connectivity index (χ0v) is 19.7. The van der Waals surface area contributed by atoms with Gasteiger partial charge in [0, 0.05) is 18.1 Å². The van der Waals surface area contributed by atoms with E-state index in [1.54, 1.807) is 7.11 Å². The van der Waals surface area contributed by atoms with E-state index in [1.807, 2.05) is 18.2 Å². The molecule has 1 aliphatic rings. The second-order valence-corrected chi connectivity index (χ2v) is 9.17. The molecule has 34 heavy (non-hydrogen) atoms. The summed E-state index contributed by atoms with van der Waals surface area (Å²) in [5.74, 6) is 2.63. The first-order chi connectivity index (χ1) is 16.6. The molecule has 1 N–H and O–H groups in total. The van der Waals surface area contributed by atoms with Gasteiger partial charge in [-0.3, -0.25) is 4.79 Å². The number of hydrogen-bond acceptors (Lipinski definition) is 4. The molecule has 5 nitrogen and oxygen atoms in total. The van der Waals surface area contributed by atoms with Crippen LogP contribution >= 0.6 is 0 Å². The number of nitrogens with one attached hydrogen (secondary N) is 1. The summed E-state index contributed by atoms with van der Waals surface area (Å²) in [4.78, 5) is 19.6. The van der Waals surface area contributed by atoms with Crippen molar-refractivity contribution >= 4 is 17.0 Å². The van der Waals surface area contributed by atoms with Gasteiger partial charge in [-0.2, -0.15) is 0 Å². The van der Waals surface area contributed by atoms with Crippen molar-refractivity contribution in [3.05, 3.63) is 72.3 Å². The van der Waals surface area contributed by atoms with Crippen LogP contribution in [-0.4, -0.2) is 30.2 Å². The van der Waals surface area contributed by atoms with Crippen LogP contribution in [0.3, 0.4) is 0 Å². The van der Waals surface area contributed by atoms with Crippen molar-refractivity contribution in [2.45, 2.75) is 38.0 Å². The molecule has 1 saturated carbocycles. The number of imidazole rings is 1. The molecule has 174 valence electrons. The molecule has 1 heterocycles. The Balaban J connectivity index is 1.25. The highest BCUT2D eigenvalue weighted by Gasteiger charge is 2.24. The van der Waals surface area contributed by atoms with E-state index in [1.165, 1.54) is 23.8 Å².